The molecule has 0 spiro atoms. The Bertz CT molecular complexity index is 979. The molecular formula is C21H20N2O4S. The van der Waals surface area contributed by atoms with Crippen LogP contribution in [0.5, 0.6) is 11.5 Å². The molecule has 1 aromatic heterocycles. The van der Waals surface area contributed by atoms with Crippen LogP contribution in [-0.4, -0.2) is 23.5 Å². The lowest BCUT2D eigenvalue weighted by Crippen LogP contribution is -2.08. The molecule has 1 N–H and O–H groups in total. The van der Waals surface area contributed by atoms with Gasteiger partial charge < -0.3 is 14.8 Å². The summed E-state index contributed by atoms with van der Waals surface area (Å²) >= 11 is 1.29. The molecule has 1 heterocycles. The maximum absolute atomic E-state index is 12.5. The molecule has 0 aliphatic carbocycles. The van der Waals surface area contributed by atoms with Gasteiger partial charge in [0, 0.05) is 18.2 Å². The van der Waals surface area contributed by atoms with Gasteiger partial charge in [-0.1, -0.05) is 0 Å². The van der Waals surface area contributed by atoms with E-state index in [0.717, 1.165) is 16.3 Å². The van der Waals surface area contributed by atoms with E-state index in [2.05, 4.69) is 10.3 Å². The van der Waals surface area contributed by atoms with Crippen molar-refractivity contribution in [1.82, 2.24) is 4.98 Å². The third kappa shape index (κ3) is 4.75. The molecule has 2 aromatic carbocycles. The lowest BCUT2D eigenvalue weighted by molar-refractivity contribution is -0.114. The first-order valence-electron chi connectivity index (χ1n) is 8.76. The number of anilines is 1. The number of thiazole rings is 1. The molecule has 144 valence electrons. The second-order valence-corrected chi connectivity index (χ2v) is 6.99. The predicted octanol–water partition coefficient (Wildman–Crippen LogP) is 4.69. The Hall–Kier alpha value is -3.19. The van der Waals surface area contributed by atoms with E-state index in [-0.39, 0.29) is 5.91 Å². The van der Waals surface area contributed by atoms with Gasteiger partial charge in [0.15, 0.2) is 0 Å². The van der Waals surface area contributed by atoms with Crippen molar-refractivity contribution in [1.29, 1.82) is 0 Å². The number of rotatable bonds is 6. The highest BCUT2D eigenvalue weighted by atomic mass is 32.1. The van der Waals surface area contributed by atoms with Crippen LogP contribution in [0.4, 0.5) is 5.69 Å². The molecule has 3 aromatic rings. The molecule has 7 heteroatoms. The van der Waals surface area contributed by atoms with E-state index in [9.17, 15) is 9.59 Å². The van der Waals surface area contributed by atoms with Crippen LogP contribution >= 0.6 is 11.3 Å². The number of esters is 1. The van der Waals surface area contributed by atoms with Crippen molar-refractivity contribution in [2.45, 2.75) is 20.8 Å². The molecule has 1 amide bonds. The molecule has 28 heavy (non-hydrogen) atoms. The van der Waals surface area contributed by atoms with E-state index in [1.54, 1.807) is 31.2 Å². The van der Waals surface area contributed by atoms with Gasteiger partial charge in [0.25, 0.3) is 0 Å². The van der Waals surface area contributed by atoms with Gasteiger partial charge in [-0.15, -0.1) is 11.3 Å². The number of carbonyl (C=O) groups excluding carboxylic acids is 2. The van der Waals surface area contributed by atoms with E-state index >= 15 is 0 Å². The summed E-state index contributed by atoms with van der Waals surface area (Å²) in [6, 6.07) is 14.2. The quantitative estimate of drug-likeness (QED) is 0.483. The number of amides is 1. The van der Waals surface area contributed by atoms with Gasteiger partial charge in [-0.3, -0.25) is 4.79 Å². The number of ether oxygens (including phenoxy) is 2. The summed E-state index contributed by atoms with van der Waals surface area (Å²) in [7, 11) is 0. The monoisotopic (exact) mass is 396 g/mol. The summed E-state index contributed by atoms with van der Waals surface area (Å²) in [5, 5.41) is 3.41. The summed E-state index contributed by atoms with van der Waals surface area (Å²) < 4.78 is 10.9. The molecule has 6 nitrogen and oxygen atoms in total. The van der Waals surface area contributed by atoms with Crippen LogP contribution < -0.4 is 14.8 Å². The molecule has 0 aliphatic rings. The summed E-state index contributed by atoms with van der Waals surface area (Å²) in [6.45, 7) is 5.76. The number of nitrogens with zero attached hydrogens (tertiary/aromatic N) is 1. The van der Waals surface area contributed by atoms with Crippen LogP contribution in [0.15, 0.2) is 48.5 Å². The Morgan fingerprint density at radius 2 is 1.68 bits per heavy atom. The van der Waals surface area contributed by atoms with E-state index < -0.39 is 5.97 Å². The Morgan fingerprint density at radius 1 is 1.04 bits per heavy atom. The van der Waals surface area contributed by atoms with Crippen LogP contribution in [0.2, 0.25) is 0 Å². The molecule has 0 saturated heterocycles. The normalized spacial score (nSPS) is 10.4. The second-order valence-electron chi connectivity index (χ2n) is 5.99. The largest absolute Gasteiger partial charge is 0.494 e. The summed E-state index contributed by atoms with van der Waals surface area (Å²) in [4.78, 5) is 28.5. The highest BCUT2D eigenvalue weighted by Gasteiger charge is 2.18. The van der Waals surface area contributed by atoms with Crippen molar-refractivity contribution < 1.29 is 19.1 Å². The molecule has 0 unspecified atom stereocenters. The average Bonchev–Trinajstić information content (AvgIpc) is 3.06. The van der Waals surface area contributed by atoms with Gasteiger partial charge in [-0.25, -0.2) is 9.78 Å². The highest BCUT2D eigenvalue weighted by Crippen LogP contribution is 2.30. The molecule has 0 atom stereocenters. The molecule has 0 bridgehead atoms. The molecule has 0 saturated carbocycles. The minimum atomic E-state index is -0.459. The Balaban J connectivity index is 1.73. The minimum Gasteiger partial charge on any atom is -0.494 e. The zero-order chi connectivity index (χ0) is 20.1. The van der Waals surface area contributed by atoms with Crippen molar-refractivity contribution in [3.8, 4) is 22.1 Å². The first kappa shape index (κ1) is 19.6. The zero-order valence-electron chi connectivity index (χ0n) is 15.8. The first-order chi connectivity index (χ1) is 13.5. The summed E-state index contributed by atoms with van der Waals surface area (Å²) in [5.74, 6) is 0.572. The lowest BCUT2D eigenvalue weighted by Gasteiger charge is -2.05. The van der Waals surface area contributed by atoms with Crippen molar-refractivity contribution >= 4 is 28.9 Å². The molecule has 0 radical (unpaired) electrons. The number of benzene rings is 2. The fraction of sp³-hybridized carbons (Fsp3) is 0.190. The standard InChI is InChI=1S/C21H20N2O4S/c1-4-26-17-9-5-15(6-10-17)20-22-13(2)19(28-20)21(25)27-18-11-7-16(8-12-18)23-14(3)24/h5-12H,4H2,1-3H3,(H,23,24). The van der Waals surface area contributed by atoms with E-state index in [1.807, 2.05) is 31.2 Å². The van der Waals surface area contributed by atoms with Gasteiger partial charge in [0.1, 0.15) is 21.4 Å². The molecule has 0 fully saturated rings. The topological polar surface area (TPSA) is 77.5 Å². The van der Waals surface area contributed by atoms with Crippen LogP contribution in [0.25, 0.3) is 10.6 Å². The van der Waals surface area contributed by atoms with Crippen LogP contribution in [-0.2, 0) is 4.79 Å². The van der Waals surface area contributed by atoms with Crippen molar-refractivity contribution in [2.24, 2.45) is 0 Å². The van der Waals surface area contributed by atoms with Gasteiger partial charge in [-0.2, -0.15) is 0 Å². The average molecular weight is 396 g/mol. The number of hydrogen-bond donors (Lipinski definition) is 1. The fourth-order valence-corrected chi connectivity index (χ4v) is 3.48. The number of carbonyl (C=O) groups is 2. The first-order valence-corrected chi connectivity index (χ1v) is 9.58. The molecular weight excluding hydrogens is 376 g/mol. The van der Waals surface area contributed by atoms with Crippen molar-refractivity contribution in [2.75, 3.05) is 11.9 Å². The second kappa shape index (κ2) is 8.67. The van der Waals surface area contributed by atoms with Crippen LogP contribution in [0.1, 0.15) is 29.2 Å². The van der Waals surface area contributed by atoms with Gasteiger partial charge in [0.2, 0.25) is 5.91 Å². The Labute approximate surface area is 167 Å². The van der Waals surface area contributed by atoms with E-state index in [1.165, 1.54) is 18.3 Å². The SMILES string of the molecule is CCOc1ccc(-c2nc(C)c(C(=O)Oc3ccc(NC(C)=O)cc3)s2)cc1. The maximum atomic E-state index is 12.5. The van der Waals surface area contributed by atoms with Crippen molar-refractivity contribution in [3.63, 3.8) is 0 Å². The predicted molar refractivity (Wildman–Crippen MR) is 109 cm³/mol. The number of aryl methyl sites for hydroxylation is 1. The van der Waals surface area contributed by atoms with Crippen LogP contribution in [0.3, 0.4) is 0 Å². The number of aromatic nitrogens is 1. The van der Waals surface area contributed by atoms with E-state index in [0.29, 0.717) is 28.6 Å². The lowest BCUT2D eigenvalue weighted by atomic mass is 10.2. The minimum absolute atomic E-state index is 0.160. The highest BCUT2D eigenvalue weighted by molar-refractivity contribution is 7.17. The third-order valence-electron chi connectivity index (χ3n) is 3.78. The Morgan fingerprint density at radius 3 is 2.29 bits per heavy atom. The third-order valence-corrected chi connectivity index (χ3v) is 4.97. The van der Waals surface area contributed by atoms with Gasteiger partial charge in [0.05, 0.1) is 12.3 Å². The van der Waals surface area contributed by atoms with E-state index in [4.69, 9.17) is 9.47 Å². The summed E-state index contributed by atoms with van der Waals surface area (Å²) in [5.41, 5.74) is 2.17. The number of hydrogen-bond acceptors (Lipinski definition) is 6. The van der Waals surface area contributed by atoms with Gasteiger partial charge >= 0.3 is 5.97 Å². The maximum Gasteiger partial charge on any atom is 0.355 e. The fourth-order valence-electron chi connectivity index (χ4n) is 2.53. The zero-order valence-corrected chi connectivity index (χ0v) is 16.6. The molecule has 0 aliphatic heterocycles. The summed E-state index contributed by atoms with van der Waals surface area (Å²) in [6.07, 6.45) is 0. The van der Waals surface area contributed by atoms with Gasteiger partial charge in [-0.05, 0) is 62.4 Å². The van der Waals surface area contributed by atoms with Crippen LogP contribution in [0, 0.1) is 6.92 Å². The smallest absolute Gasteiger partial charge is 0.355 e. The Kier molecular flexibility index (Phi) is 6.06. The number of nitrogens with one attached hydrogen (secondary N) is 1. The van der Waals surface area contributed by atoms with Crippen molar-refractivity contribution in [3.05, 3.63) is 59.1 Å². The molecule has 3 rings (SSSR count).